The Labute approximate surface area is 163 Å². The molecular formula is C23H23FN2O2. The number of rotatable bonds is 3. The van der Waals surface area contributed by atoms with Gasteiger partial charge < -0.3 is 4.90 Å². The fourth-order valence-electron chi connectivity index (χ4n) is 5.50. The van der Waals surface area contributed by atoms with Crippen LogP contribution >= 0.6 is 0 Å². The molecule has 4 heterocycles. The lowest BCUT2D eigenvalue weighted by atomic mass is 9.75. The number of hydrogen-bond acceptors (Lipinski definition) is 3. The number of carbonyl (C=O) groups excluding carboxylic acids is 2. The topological polar surface area (TPSA) is 40.6 Å². The van der Waals surface area contributed by atoms with Gasteiger partial charge in [-0.3, -0.25) is 14.5 Å². The maximum absolute atomic E-state index is 13.4. The van der Waals surface area contributed by atoms with E-state index >= 15 is 0 Å². The largest absolute Gasteiger partial charge is 0.330 e. The first-order chi connectivity index (χ1) is 13.6. The third-order valence-electron chi connectivity index (χ3n) is 6.78. The van der Waals surface area contributed by atoms with Crippen molar-refractivity contribution in [3.63, 3.8) is 0 Å². The van der Waals surface area contributed by atoms with Crippen molar-refractivity contribution < 1.29 is 14.0 Å². The second kappa shape index (κ2) is 6.82. The van der Waals surface area contributed by atoms with Gasteiger partial charge in [-0.25, -0.2) is 4.39 Å². The Balaban J connectivity index is 1.49. The molecule has 0 N–H and O–H groups in total. The summed E-state index contributed by atoms with van der Waals surface area (Å²) in [5.74, 6) is -0.541. The lowest BCUT2D eigenvalue weighted by molar-refractivity contribution is -0.131. The van der Waals surface area contributed by atoms with E-state index in [0.29, 0.717) is 18.0 Å². The quantitative estimate of drug-likeness (QED) is 0.609. The van der Waals surface area contributed by atoms with Crippen LogP contribution in [0.25, 0.3) is 0 Å². The van der Waals surface area contributed by atoms with Gasteiger partial charge in [0.25, 0.3) is 5.91 Å². The number of hydrogen-bond donors (Lipinski definition) is 0. The highest BCUT2D eigenvalue weighted by atomic mass is 19.1. The highest BCUT2D eigenvalue weighted by molar-refractivity contribution is 6.42. The van der Waals surface area contributed by atoms with E-state index in [9.17, 15) is 14.0 Å². The van der Waals surface area contributed by atoms with Crippen LogP contribution in [0.3, 0.4) is 0 Å². The van der Waals surface area contributed by atoms with Gasteiger partial charge in [0.2, 0.25) is 5.78 Å². The monoisotopic (exact) mass is 378 g/mol. The van der Waals surface area contributed by atoms with E-state index in [4.69, 9.17) is 0 Å². The molecule has 5 heteroatoms. The summed E-state index contributed by atoms with van der Waals surface area (Å²) in [5.41, 5.74) is 1.49. The van der Waals surface area contributed by atoms with Gasteiger partial charge in [0.15, 0.2) is 0 Å². The third-order valence-corrected chi connectivity index (χ3v) is 6.78. The number of Topliss-reactive ketones (excluding diaryl/α,β-unsaturated/α-hetero) is 1. The molecule has 0 saturated carbocycles. The lowest BCUT2D eigenvalue weighted by Crippen LogP contribution is -2.61. The molecule has 2 bridgehead atoms. The molecule has 4 saturated heterocycles. The molecule has 144 valence electrons. The molecule has 0 spiro atoms. The second-order valence-electron chi connectivity index (χ2n) is 8.17. The van der Waals surface area contributed by atoms with E-state index in [0.717, 1.165) is 31.5 Å². The van der Waals surface area contributed by atoms with E-state index in [1.807, 2.05) is 23.1 Å². The van der Waals surface area contributed by atoms with Gasteiger partial charge in [0.1, 0.15) is 5.82 Å². The van der Waals surface area contributed by atoms with Crippen molar-refractivity contribution in [1.82, 2.24) is 9.80 Å². The summed E-state index contributed by atoms with van der Waals surface area (Å²) in [4.78, 5) is 30.3. The molecule has 4 nitrogen and oxygen atoms in total. The smallest absolute Gasteiger partial charge is 0.295 e. The molecule has 3 atom stereocenters. The zero-order valence-electron chi connectivity index (χ0n) is 15.6. The minimum Gasteiger partial charge on any atom is -0.330 e. The van der Waals surface area contributed by atoms with Gasteiger partial charge in [0.05, 0.1) is 6.04 Å². The number of likely N-dealkylation sites (tertiary alicyclic amines) is 1. The fourth-order valence-corrected chi connectivity index (χ4v) is 5.50. The molecular weight excluding hydrogens is 355 g/mol. The minimum absolute atomic E-state index is 0.0673. The second-order valence-corrected chi connectivity index (χ2v) is 8.17. The fraction of sp³-hybridized carbons (Fsp3) is 0.391. The van der Waals surface area contributed by atoms with E-state index in [1.165, 1.54) is 12.1 Å². The first-order valence-corrected chi connectivity index (χ1v) is 10.0. The van der Waals surface area contributed by atoms with Crippen molar-refractivity contribution in [3.05, 3.63) is 71.5 Å². The van der Waals surface area contributed by atoms with Gasteiger partial charge in [0, 0.05) is 24.1 Å². The van der Waals surface area contributed by atoms with Crippen LogP contribution in [-0.4, -0.2) is 53.2 Å². The van der Waals surface area contributed by atoms with Crippen LogP contribution in [-0.2, 0) is 4.79 Å². The van der Waals surface area contributed by atoms with Gasteiger partial charge in [-0.15, -0.1) is 0 Å². The van der Waals surface area contributed by atoms with Crippen molar-refractivity contribution in [1.29, 1.82) is 0 Å². The van der Waals surface area contributed by atoms with Crippen LogP contribution in [0.2, 0.25) is 0 Å². The standard InChI is InChI=1S/C23H23FN2O2/c24-18-8-6-15(7-9-18)19-14-26(20-16-10-12-25(13-11-16)21(19)20)23(28)22(27)17-4-2-1-3-5-17/h1-9,16,19-21H,10-14H2/t19-,20+,21+/m1/s1. The van der Waals surface area contributed by atoms with Crippen molar-refractivity contribution in [2.24, 2.45) is 5.92 Å². The van der Waals surface area contributed by atoms with Gasteiger partial charge >= 0.3 is 0 Å². The van der Waals surface area contributed by atoms with Crippen LogP contribution in [0.15, 0.2) is 54.6 Å². The van der Waals surface area contributed by atoms with Crippen LogP contribution in [0.4, 0.5) is 4.39 Å². The predicted octanol–water partition coefficient (Wildman–Crippen LogP) is 3.10. The molecule has 28 heavy (non-hydrogen) atoms. The molecule has 2 aromatic rings. The predicted molar refractivity (Wildman–Crippen MR) is 103 cm³/mol. The number of fused-ring (bicyclic) bond motifs is 2. The van der Waals surface area contributed by atoms with Crippen molar-refractivity contribution in [2.45, 2.75) is 30.8 Å². The minimum atomic E-state index is -0.435. The normalized spacial score (nSPS) is 30.9. The number of ketones is 1. The van der Waals surface area contributed by atoms with E-state index in [2.05, 4.69) is 4.90 Å². The molecule has 2 aromatic carbocycles. The maximum atomic E-state index is 13.4. The summed E-state index contributed by atoms with van der Waals surface area (Å²) in [6.45, 7) is 2.60. The van der Waals surface area contributed by atoms with Crippen molar-refractivity contribution in [3.8, 4) is 0 Å². The lowest BCUT2D eigenvalue weighted by Gasteiger charge is -2.51. The molecule has 4 fully saturated rings. The maximum Gasteiger partial charge on any atom is 0.295 e. The molecule has 0 radical (unpaired) electrons. The Morgan fingerprint density at radius 2 is 1.57 bits per heavy atom. The van der Waals surface area contributed by atoms with E-state index in [-0.39, 0.29) is 23.8 Å². The van der Waals surface area contributed by atoms with Crippen molar-refractivity contribution in [2.75, 3.05) is 19.6 Å². The Morgan fingerprint density at radius 3 is 2.25 bits per heavy atom. The number of piperidine rings is 3. The number of nitrogens with zero attached hydrogens (tertiary/aromatic N) is 2. The first kappa shape index (κ1) is 17.6. The number of carbonyl (C=O) groups is 2. The Kier molecular flexibility index (Phi) is 4.27. The van der Waals surface area contributed by atoms with Gasteiger partial charge in [-0.1, -0.05) is 42.5 Å². The van der Waals surface area contributed by atoms with Crippen LogP contribution in [0, 0.1) is 11.7 Å². The SMILES string of the molecule is O=C(C(=O)N1C[C@H](c2ccc(F)cc2)[C@H]2[C@@H]1C1CCN2CC1)c1ccccc1. The summed E-state index contributed by atoms with van der Waals surface area (Å²) in [5, 5.41) is 0. The van der Waals surface area contributed by atoms with Crippen LogP contribution < -0.4 is 0 Å². The number of halogens is 1. The molecule has 6 rings (SSSR count). The van der Waals surface area contributed by atoms with E-state index < -0.39 is 11.7 Å². The summed E-state index contributed by atoms with van der Waals surface area (Å²) >= 11 is 0. The molecule has 4 aliphatic rings. The van der Waals surface area contributed by atoms with E-state index in [1.54, 1.807) is 24.3 Å². The highest BCUT2D eigenvalue weighted by Gasteiger charge is 2.55. The molecule has 1 amide bonds. The average molecular weight is 378 g/mol. The Morgan fingerprint density at radius 1 is 0.893 bits per heavy atom. The van der Waals surface area contributed by atoms with Gasteiger partial charge in [-0.05, 0) is 49.5 Å². The molecule has 0 unspecified atom stereocenters. The van der Waals surface area contributed by atoms with Crippen LogP contribution in [0.1, 0.15) is 34.7 Å². The first-order valence-electron chi connectivity index (χ1n) is 10.0. The average Bonchev–Trinajstić information content (AvgIpc) is 3.17. The number of benzene rings is 2. The Hall–Kier alpha value is -2.53. The molecule has 4 aliphatic heterocycles. The van der Waals surface area contributed by atoms with Gasteiger partial charge in [-0.2, -0.15) is 0 Å². The van der Waals surface area contributed by atoms with Crippen molar-refractivity contribution >= 4 is 11.7 Å². The van der Waals surface area contributed by atoms with Crippen LogP contribution in [0.5, 0.6) is 0 Å². The summed E-state index contributed by atoms with van der Waals surface area (Å²) in [7, 11) is 0. The Bertz CT molecular complexity index is 891. The number of amides is 1. The molecule has 0 aliphatic carbocycles. The summed E-state index contributed by atoms with van der Waals surface area (Å²) < 4.78 is 13.4. The molecule has 0 aromatic heterocycles. The highest BCUT2D eigenvalue weighted by Crippen LogP contribution is 2.46. The summed E-state index contributed by atoms with van der Waals surface area (Å²) in [6.07, 6.45) is 2.14. The zero-order valence-corrected chi connectivity index (χ0v) is 15.6. The zero-order chi connectivity index (χ0) is 19.3. The summed E-state index contributed by atoms with van der Waals surface area (Å²) in [6, 6.07) is 15.7. The third kappa shape index (κ3) is 2.76.